The Labute approximate surface area is 261 Å². The summed E-state index contributed by atoms with van der Waals surface area (Å²) in [7, 11) is 0. The number of ether oxygens (including phenoxy) is 1. The summed E-state index contributed by atoms with van der Waals surface area (Å²) < 4.78 is 9.05. The predicted molar refractivity (Wildman–Crippen MR) is 184 cm³/mol. The smallest absolute Gasteiger partial charge is 0.132 e. The molecule has 2 aliphatic rings. The third-order valence-electron chi connectivity index (χ3n) is 9.86. The van der Waals surface area contributed by atoms with Gasteiger partial charge in [0, 0.05) is 33.2 Å². The van der Waals surface area contributed by atoms with Crippen LogP contribution in [-0.2, 0) is 5.41 Å². The monoisotopic (exact) mass is 573 g/mol. The zero-order chi connectivity index (χ0) is 29.5. The van der Waals surface area contributed by atoms with Crippen molar-refractivity contribution in [2.75, 3.05) is 0 Å². The molecule has 0 saturated heterocycles. The van der Waals surface area contributed by atoms with Crippen LogP contribution in [0.3, 0.4) is 0 Å². The summed E-state index contributed by atoms with van der Waals surface area (Å²) in [6, 6.07) is 59.3. The Morgan fingerprint density at radius 2 is 1.07 bits per heavy atom. The molecule has 0 unspecified atom stereocenters. The average molecular weight is 574 g/mol. The van der Waals surface area contributed by atoms with Crippen LogP contribution in [0.4, 0.5) is 0 Å². The molecule has 0 atom stereocenters. The molecule has 1 aromatic heterocycles. The molecule has 0 radical (unpaired) electrons. The summed E-state index contributed by atoms with van der Waals surface area (Å²) in [5.41, 5.74) is 13.1. The molecule has 2 heteroatoms. The van der Waals surface area contributed by atoms with E-state index in [2.05, 4.69) is 168 Å². The van der Waals surface area contributed by atoms with Gasteiger partial charge in [-0.15, -0.1) is 0 Å². The number of fused-ring (bicyclic) bond motifs is 13. The van der Waals surface area contributed by atoms with Gasteiger partial charge < -0.3 is 9.30 Å². The van der Waals surface area contributed by atoms with Gasteiger partial charge in [-0.1, -0.05) is 127 Å². The van der Waals surface area contributed by atoms with E-state index in [4.69, 9.17) is 4.74 Å². The fourth-order valence-corrected chi connectivity index (χ4v) is 8.10. The first-order valence-electron chi connectivity index (χ1n) is 15.5. The minimum absolute atomic E-state index is 0.501. The van der Waals surface area contributed by atoms with Gasteiger partial charge in [-0.25, -0.2) is 0 Å². The van der Waals surface area contributed by atoms with Gasteiger partial charge >= 0.3 is 0 Å². The Hall–Kier alpha value is -5.86. The topological polar surface area (TPSA) is 14.2 Å². The standard InChI is InChI=1S/C43H27NO/c1-3-13-28(14-4-1)29-23-26-38-33(27-29)31-24-25-37-41(42(31)44(38)30-15-5-2-6-16-30)32-17-7-8-18-34(32)43(37)35-19-9-11-21-39(35)45-40-22-12-10-20-36(40)43/h1-27H. The third kappa shape index (κ3) is 3.18. The molecule has 1 spiro atoms. The van der Waals surface area contributed by atoms with Gasteiger partial charge in [0.15, 0.2) is 0 Å². The summed E-state index contributed by atoms with van der Waals surface area (Å²) >= 11 is 0. The van der Waals surface area contributed by atoms with E-state index in [9.17, 15) is 0 Å². The van der Waals surface area contributed by atoms with Crippen molar-refractivity contribution in [3.8, 4) is 39.4 Å². The summed E-state index contributed by atoms with van der Waals surface area (Å²) in [6.45, 7) is 0. The quantitative estimate of drug-likeness (QED) is 0.201. The SMILES string of the molecule is c1ccc(-c2ccc3c(c2)c2ccc4c(c2n3-c2ccccc2)-c2ccccc2C42c3ccccc3Oc3ccccc32)cc1. The lowest BCUT2D eigenvalue weighted by Crippen LogP contribution is -2.32. The molecule has 0 saturated carbocycles. The lowest BCUT2D eigenvalue weighted by molar-refractivity contribution is 0.436. The minimum atomic E-state index is -0.501. The molecule has 8 aromatic rings. The maximum Gasteiger partial charge on any atom is 0.132 e. The first-order valence-corrected chi connectivity index (χ1v) is 15.5. The van der Waals surface area contributed by atoms with Crippen molar-refractivity contribution in [2.45, 2.75) is 5.41 Å². The first-order chi connectivity index (χ1) is 22.3. The Kier molecular flexibility index (Phi) is 4.95. The van der Waals surface area contributed by atoms with Gasteiger partial charge in [0.1, 0.15) is 11.5 Å². The van der Waals surface area contributed by atoms with Crippen LogP contribution in [-0.4, -0.2) is 4.57 Å². The highest BCUT2D eigenvalue weighted by Crippen LogP contribution is 2.63. The van der Waals surface area contributed by atoms with E-state index in [-0.39, 0.29) is 0 Å². The largest absolute Gasteiger partial charge is 0.457 e. The van der Waals surface area contributed by atoms with Crippen molar-refractivity contribution in [1.29, 1.82) is 0 Å². The first kappa shape index (κ1) is 24.6. The van der Waals surface area contributed by atoms with Crippen molar-refractivity contribution in [1.82, 2.24) is 4.57 Å². The van der Waals surface area contributed by atoms with Gasteiger partial charge in [-0.3, -0.25) is 0 Å². The Morgan fingerprint density at radius 3 is 1.80 bits per heavy atom. The normalized spacial score (nSPS) is 13.7. The summed E-state index contributed by atoms with van der Waals surface area (Å²) in [5, 5.41) is 2.51. The van der Waals surface area contributed by atoms with Crippen molar-refractivity contribution in [2.24, 2.45) is 0 Å². The summed E-state index contributed by atoms with van der Waals surface area (Å²) in [6.07, 6.45) is 0. The minimum Gasteiger partial charge on any atom is -0.457 e. The molecule has 0 fully saturated rings. The van der Waals surface area contributed by atoms with Crippen molar-refractivity contribution >= 4 is 21.8 Å². The van der Waals surface area contributed by atoms with E-state index >= 15 is 0 Å². The van der Waals surface area contributed by atoms with E-state index in [0.29, 0.717) is 0 Å². The number of para-hydroxylation sites is 3. The predicted octanol–water partition coefficient (Wildman–Crippen LogP) is 10.9. The van der Waals surface area contributed by atoms with E-state index in [1.165, 1.54) is 66.3 Å². The number of rotatable bonds is 2. The molecule has 210 valence electrons. The van der Waals surface area contributed by atoms with Crippen LogP contribution in [0, 0.1) is 0 Å². The highest BCUT2D eigenvalue weighted by atomic mass is 16.5. The second kappa shape index (κ2) is 9.07. The molecular formula is C43H27NO. The molecule has 0 bridgehead atoms. The van der Waals surface area contributed by atoms with Crippen molar-refractivity contribution < 1.29 is 4.74 Å². The van der Waals surface area contributed by atoms with Crippen LogP contribution in [0.2, 0.25) is 0 Å². The molecule has 2 heterocycles. The Balaban J connectivity index is 1.40. The number of aromatic nitrogens is 1. The second-order valence-corrected chi connectivity index (χ2v) is 12.0. The summed E-state index contributed by atoms with van der Waals surface area (Å²) in [4.78, 5) is 0. The van der Waals surface area contributed by atoms with Crippen LogP contribution in [0.25, 0.3) is 49.7 Å². The van der Waals surface area contributed by atoms with Crippen LogP contribution >= 0.6 is 0 Å². The molecule has 10 rings (SSSR count). The van der Waals surface area contributed by atoms with Crippen LogP contribution in [0.1, 0.15) is 22.3 Å². The lowest BCUT2D eigenvalue weighted by atomic mass is 9.66. The average Bonchev–Trinajstić information content (AvgIpc) is 3.60. The molecule has 45 heavy (non-hydrogen) atoms. The second-order valence-electron chi connectivity index (χ2n) is 12.0. The zero-order valence-corrected chi connectivity index (χ0v) is 24.4. The lowest BCUT2D eigenvalue weighted by Gasteiger charge is -2.39. The molecule has 0 amide bonds. The van der Waals surface area contributed by atoms with Crippen LogP contribution < -0.4 is 4.74 Å². The molecular weight excluding hydrogens is 546 g/mol. The van der Waals surface area contributed by atoms with Crippen molar-refractivity contribution in [3.05, 3.63) is 186 Å². The van der Waals surface area contributed by atoms with Crippen molar-refractivity contribution in [3.63, 3.8) is 0 Å². The van der Waals surface area contributed by atoms with Gasteiger partial charge in [0.05, 0.1) is 16.4 Å². The van der Waals surface area contributed by atoms with E-state index in [0.717, 1.165) is 17.2 Å². The van der Waals surface area contributed by atoms with E-state index < -0.39 is 5.41 Å². The van der Waals surface area contributed by atoms with Crippen LogP contribution in [0.15, 0.2) is 164 Å². The molecule has 0 N–H and O–H groups in total. The molecule has 7 aromatic carbocycles. The third-order valence-corrected chi connectivity index (χ3v) is 9.86. The molecule has 1 aliphatic carbocycles. The number of hydrogen-bond acceptors (Lipinski definition) is 1. The number of nitrogens with zero attached hydrogens (tertiary/aromatic N) is 1. The Bertz CT molecular complexity index is 2410. The fourth-order valence-electron chi connectivity index (χ4n) is 8.10. The van der Waals surface area contributed by atoms with E-state index in [1.54, 1.807) is 0 Å². The van der Waals surface area contributed by atoms with Crippen LogP contribution in [0.5, 0.6) is 11.5 Å². The highest BCUT2D eigenvalue weighted by molar-refractivity contribution is 6.17. The fraction of sp³-hybridized carbons (Fsp3) is 0.0233. The van der Waals surface area contributed by atoms with Gasteiger partial charge in [-0.05, 0) is 64.2 Å². The summed E-state index contributed by atoms with van der Waals surface area (Å²) in [5.74, 6) is 1.82. The van der Waals surface area contributed by atoms with Gasteiger partial charge in [-0.2, -0.15) is 0 Å². The molecule has 1 aliphatic heterocycles. The molecule has 2 nitrogen and oxygen atoms in total. The van der Waals surface area contributed by atoms with Gasteiger partial charge in [0.25, 0.3) is 0 Å². The number of hydrogen-bond donors (Lipinski definition) is 0. The maximum atomic E-state index is 6.57. The Morgan fingerprint density at radius 1 is 0.444 bits per heavy atom. The highest BCUT2D eigenvalue weighted by Gasteiger charge is 2.51. The van der Waals surface area contributed by atoms with E-state index in [1.807, 2.05) is 0 Å². The zero-order valence-electron chi connectivity index (χ0n) is 24.4. The number of benzene rings is 7. The van der Waals surface area contributed by atoms with Gasteiger partial charge in [0.2, 0.25) is 0 Å². The maximum absolute atomic E-state index is 6.57.